The minimum absolute atomic E-state index is 0.0753. The first-order valence-corrected chi connectivity index (χ1v) is 8.04. The van der Waals surface area contributed by atoms with Crippen molar-refractivity contribution in [3.63, 3.8) is 0 Å². The molecule has 0 unspecified atom stereocenters. The van der Waals surface area contributed by atoms with Crippen LogP contribution >= 0.6 is 0 Å². The molecule has 1 fully saturated rings. The van der Waals surface area contributed by atoms with E-state index in [2.05, 4.69) is 20.6 Å². The number of nitrogens with one attached hydrogen (secondary N) is 2. The van der Waals surface area contributed by atoms with Crippen molar-refractivity contribution in [1.82, 2.24) is 5.32 Å². The minimum Gasteiger partial charge on any atom is -0.399 e. The second-order valence-corrected chi connectivity index (χ2v) is 5.82. The zero-order chi connectivity index (χ0) is 17.6. The molecule has 0 spiro atoms. The third-order valence-corrected chi connectivity index (χ3v) is 3.80. The van der Waals surface area contributed by atoms with Crippen LogP contribution in [0.25, 0.3) is 0 Å². The van der Waals surface area contributed by atoms with Gasteiger partial charge in [-0.15, -0.1) is 0 Å². The fraction of sp³-hybridized carbons (Fsp3) is 0.211. The van der Waals surface area contributed by atoms with Crippen LogP contribution < -0.4 is 10.6 Å². The van der Waals surface area contributed by atoms with Gasteiger partial charge in [-0.25, -0.2) is 0 Å². The molecule has 128 valence electrons. The van der Waals surface area contributed by atoms with E-state index in [9.17, 15) is 9.59 Å². The van der Waals surface area contributed by atoms with E-state index in [0.717, 1.165) is 18.4 Å². The highest BCUT2D eigenvalue weighted by molar-refractivity contribution is 6.05. The summed E-state index contributed by atoms with van der Waals surface area (Å²) in [7, 11) is 1.47. The Morgan fingerprint density at radius 2 is 1.60 bits per heavy atom. The smallest absolute Gasteiger partial charge is 0.255 e. The Balaban J connectivity index is 1.60. The van der Waals surface area contributed by atoms with E-state index in [4.69, 9.17) is 0 Å². The Morgan fingerprint density at radius 3 is 2.20 bits per heavy atom. The van der Waals surface area contributed by atoms with Crippen molar-refractivity contribution in [2.75, 3.05) is 12.4 Å². The molecular weight excluding hydrogens is 318 g/mol. The molecular formula is C19H19N3O3. The minimum atomic E-state index is -0.217. The Hall–Kier alpha value is -3.15. The van der Waals surface area contributed by atoms with Crippen molar-refractivity contribution >= 4 is 23.7 Å². The number of hydrogen-bond donors (Lipinski definition) is 2. The van der Waals surface area contributed by atoms with E-state index >= 15 is 0 Å². The van der Waals surface area contributed by atoms with Gasteiger partial charge in [-0.2, -0.15) is 0 Å². The van der Waals surface area contributed by atoms with E-state index in [0.29, 0.717) is 22.9 Å². The summed E-state index contributed by atoms with van der Waals surface area (Å²) in [5.74, 6) is -0.292. The summed E-state index contributed by atoms with van der Waals surface area (Å²) in [6, 6.07) is 14.2. The average Bonchev–Trinajstić information content (AvgIpc) is 3.45. The lowest BCUT2D eigenvalue weighted by Gasteiger charge is -2.07. The van der Waals surface area contributed by atoms with Crippen molar-refractivity contribution in [2.45, 2.75) is 18.9 Å². The first-order valence-electron chi connectivity index (χ1n) is 8.04. The fourth-order valence-electron chi connectivity index (χ4n) is 2.24. The second-order valence-electron chi connectivity index (χ2n) is 5.82. The predicted molar refractivity (Wildman–Crippen MR) is 95.9 cm³/mol. The normalized spacial score (nSPS) is 13.5. The van der Waals surface area contributed by atoms with E-state index in [1.165, 1.54) is 7.11 Å². The van der Waals surface area contributed by atoms with Crippen molar-refractivity contribution in [1.29, 1.82) is 0 Å². The van der Waals surface area contributed by atoms with Crippen molar-refractivity contribution < 1.29 is 14.4 Å². The van der Waals surface area contributed by atoms with Crippen LogP contribution in [-0.2, 0) is 4.84 Å². The Labute approximate surface area is 145 Å². The Kier molecular flexibility index (Phi) is 5.09. The number of hydrogen-bond acceptors (Lipinski definition) is 4. The van der Waals surface area contributed by atoms with Gasteiger partial charge >= 0.3 is 0 Å². The summed E-state index contributed by atoms with van der Waals surface area (Å²) < 4.78 is 0. The van der Waals surface area contributed by atoms with Crippen molar-refractivity contribution in [3.05, 3.63) is 65.2 Å². The SMILES string of the molecule is CO/N=C/c1ccc(C(=O)Nc2ccc(C(=O)NC3CC3)cc2)cc1. The van der Waals surface area contributed by atoms with Crippen molar-refractivity contribution in [3.8, 4) is 0 Å². The number of rotatable bonds is 6. The maximum atomic E-state index is 12.3. The lowest BCUT2D eigenvalue weighted by molar-refractivity contribution is 0.0950. The summed E-state index contributed by atoms with van der Waals surface area (Å²) in [6.07, 6.45) is 3.67. The van der Waals surface area contributed by atoms with Gasteiger partial charge in [0.1, 0.15) is 7.11 Å². The van der Waals surface area contributed by atoms with Crippen LogP contribution in [0.1, 0.15) is 39.1 Å². The summed E-state index contributed by atoms with van der Waals surface area (Å²) in [4.78, 5) is 28.8. The first kappa shape index (κ1) is 16.7. The van der Waals surface area contributed by atoms with Gasteiger partial charge in [0.25, 0.3) is 11.8 Å². The van der Waals surface area contributed by atoms with Gasteiger partial charge in [0, 0.05) is 22.9 Å². The zero-order valence-electron chi connectivity index (χ0n) is 13.9. The summed E-state index contributed by atoms with van der Waals surface area (Å²) in [5, 5.41) is 9.41. The molecule has 0 aliphatic heterocycles. The van der Waals surface area contributed by atoms with Crippen LogP contribution in [0.4, 0.5) is 5.69 Å². The molecule has 2 aromatic rings. The number of carbonyl (C=O) groups is 2. The largest absolute Gasteiger partial charge is 0.399 e. The molecule has 1 aliphatic carbocycles. The maximum absolute atomic E-state index is 12.3. The number of nitrogens with zero attached hydrogens (tertiary/aromatic N) is 1. The highest BCUT2D eigenvalue weighted by atomic mass is 16.6. The average molecular weight is 337 g/mol. The van der Waals surface area contributed by atoms with Crippen LogP contribution in [0.15, 0.2) is 53.7 Å². The molecule has 6 nitrogen and oxygen atoms in total. The molecule has 25 heavy (non-hydrogen) atoms. The van der Waals surface area contributed by atoms with Gasteiger partial charge in [-0.3, -0.25) is 9.59 Å². The van der Waals surface area contributed by atoms with Gasteiger partial charge in [0.2, 0.25) is 0 Å². The van der Waals surface area contributed by atoms with Gasteiger partial charge in [0.05, 0.1) is 6.21 Å². The monoisotopic (exact) mass is 337 g/mol. The molecule has 0 heterocycles. The third-order valence-electron chi connectivity index (χ3n) is 3.80. The molecule has 0 radical (unpaired) electrons. The van der Waals surface area contributed by atoms with E-state index in [-0.39, 0.29) is 11.8 Å². The van der Waals surface area contributed by atoms with E-state index in [1.807, 2.05) is 0 Å². The first-order chi connectivity index (χ1) is 12.2. The van der Waals surface area contributed by atoms with E-state index in [1.54, 1.807) is 54.7 Å². The van der Waals surface area contributed by atoms with Gasteiger partial charge < -0.3 is 15.5 Å². The molecule has 6 heteroatoms. The molecule has 1 aliphatic rings. The lowest BCUT2D eigenvalue weighted by Crippen LogP contribution is -2.25. The lowest BCUT2D eigenvalue weighted by atomic mass is 10.1. The number of amides is 2. The summed E-state index contributed by atoms with van der Waals surface area (Å²) in [5.41, 5.74) is 2.60. The van der Waals surface area contributed by atoms with Gasteiger partial charge in [-0.1, -0.05) is 17.3 Å². The van der Waals surface area contributed by atoms with Gasteiger partial charge in [-0.05, 0) is 54.8 Å². The van der Waals surface area contributed by atoms with Crippen LogP contribution in [0.3, 0.4) is 0 Å². The third kappa shape index (κ3) is 4.67. The predicted octanol–water partition coefficient (Wildman–Crippen LogP) is 2.81. The molecule has 3 rings (SSSR count). The zero-order valence-corrected chi connectivity index (χ0v) is 13.9. The molecule has 0 atom stereocenters. The molecule has 0 aromatic heterocycles. The van der Waals surface area contributed by atoms with Gasteiger partial charge in [0.15, 0.2) is 0 Å². The topological polar surface area (TPSA) is 79.8 Å². The summed E-state index contributed by atoms with van der Waals surface area (Å²) in [6.45, 7) is 0. The molecule has 2 amide bonds. The molecule has 0 saturated heterocycles. The molecule has 2 aromatic carbocycles. The number of carbonyl (C=O) groups excluding carboxylic acids is 2. The van der Waals surface area contributed by atoms with E-state index < -0.39 is 0 Å². The molecule has 1 saturated carbocycles. The van der Waals surface area contributed by atoms with Crippen LogP contribution in [0.2, 0.25) is 0 Å². The number of anilines is 1. The van der Waals surface area contributed by atoms with Crippen LogP contribution in [0, 0.1) is 0 Å². The molecule has 2 N–H and O–H groups in total. The second kappa shape index (κ2) is 7.61. The highest BCUT2D eigenvalue weighted by Gasteiger charge is 2.23. The fourth-order valence-corrected chi connectivity index (χ4v) is 2.24. The molecule has 0 bridgehead atoms. The number of oxime groups is 1. The highest BCUT2D eigenvalue weighted by Crippen LogP contribution is 2.19. The quantitative estimate of drug-likeness (QED) is 0.628. The van der Waals surface area contributed by atoms with Crippen LogP contribution in [-0.4, -0.2) is 31.2 Å². The summed E-state index contributed by atoms with van der Waals surface area (Å²) >= 11 is 0. The Bertz CT molecular complexity index is 779. The van der Waals surface area contributed by atoms with Crippen molar-refractivity contribution in [2.24, 2.45) is 5.16 Å². The standard InChI is InChI=1S/C19H19N3O3/c1-25-20-12-13-2-4-14(5-3-13)18(23)21-16-8-6-15(7-9-16)19(24)22-17-10-11-17/h2-9,12,17H,10-11H2,1H3,(H,21,23)(H,22,24)/b20-12+. The van der Waals surface area contributed by atoms with Crippen LogP contribution in [0.5, 0.6) is 0 Å². The maximum Gasteiger partial charge on any atom is 0.255 e. The Morgan fingerprint density at radius 1 is 1.00 bits per heavy atom. The number of benzene rings is 2.